The van der Waals surface area contributed by atoms with E-state index in [2.05, 4.69) is 0 Å². The van der Waals surface area contributed by atoms with E-state index in [0.717, 1.165) is 21.2 Å². The van der Waals surface area contributed by atoms with Gasteiger partial charge in [-0.15, -0.1) is 0 Å². The van der Waals surface area contributed by atoms with Crippen LogP contribution in [0.25, 0.3) is 0 Å². The summed E-state index contributed by atoms with van der Waals surface area (Å²) < 4.78 is 0.830. The van der Waals surface area contributed by atoms with Gasteiger partial charge >= 0.3 is 121 Å². The third kappa shape index (κ3) is 2.32. The molecule has 3 saturated carbocycles. The van der Waals surface area contributed by atoms with E-state index in [1.54, 1.807) is 77.0 Å². The van der Waals surface area contributed by atoms with Crippen molar-refractivity contribution in [2.75, 3.05) is 0 Å². The van der Waals surface area contributed by atoms with Crippen LogP contribution in [0.15, 0.2) is 0 Å². The molecule has 0 nitrogen and oxygen atoms in total. The first-order chi connectivity index (χ1) is 8.32. The second-order valence-corrected chi connectivity index (χ2v) is 9.35. The van der Waals surface area contributed by atoms with E-state index in [1.165, 1.54) is 0 Å². The topological polar surface area (TPSA) is 0 Å². The van der Waals surface area contributed by atoms with Crippen molar-refractivity contribution in [2.45, 2.75) is 80.5 Å². The number of hydrogen-bond donors (Lipinski definition) is 0. The molecule has 0 radical (unpaired) electrons. The van der Waals surface area contributed by atoms with Crippen molar-refractivity contribution < 1.29 is 0 Å². The third-order valence-electron chi connectivity index (χ3n) is 6.09. The molecule has 0 N–H and O–H groups in total. The summed E-state index contributed by atoms with van der Waals surface area (Å²) in [6.07, 6.45) is 18.7. The van der Waals surface area contributed by atoms with Crippen LogP contribution in [0.5, 0.6) is 0 Å². The quantitative estimate of drug-likeness (QED) is 0.643. The molecule has 0 aromatic heterocycles. The van der Waals surface area contributed by atoms with Crippen LogP contribution in [0.1, 0.15) is 77.0 Å². The van der Waals surface area contributed by atoms with Crippen molar-refractivity contribution in [1.29, 1.82) is 0 Å². The Kier molecular flexibility index (Phi) is 4.09. The normalized spacial score (nSPS) is 29.5. The first kappa shape index (κ1) is 12.8. The predicted molar refractivity (Wildman–Crippen MR) is 74.3 cm³/mol. The zero-order valence-electron chi connectivity index (χ0n) is 11.2. The number of hydrogen-bond acceptors (Lipinski definition) is 0. The van der Waals surface area contributed by atoms with E-state index in [1.807, 2.05) is 22.5 Å². The average molecular weight is 338 g/mol. The Morgan fingerprint density at radius 3 is 1.00 bits per heavy atom. The molecule has 0 spiro atoms. The maximum atomic E-state index is 1.93. The van der Waals surface area contributed by atoms with Gasteiger partial charge in [-0.25, -0.2) is 0 Å². The van der Waals surface area contributed by atoms with E-state index in [9.17, 15) is 0 Å². The third-order valence-corrected chi connectivity index (χ3v) is 9.59. The summed E-state index contributed by atoms with van der Waals surface area (Å²) >= 11 is 1.93. The van der Waals surface area contributed by atoms with Crippen LogP contribution in [0.4, 0.5) is 0 Å². The van der Waals surface area contributed by atoms with E-state index in [4.69, 9.17) is 0 Å². The molecule has 3 fully saturated rings. The molecule has 1 heteroatoms. The molecule has 0 saturated heterocycles. The summed E-state index contributed by atoms with van der Waals surface area (Å²) in [6, 6.07) is 0. The molecule has 0 heterocycles. The first-order valence-corrected chi connectivity index (χ1v) is 9.49. The van der Waals surface area contributed by atoms with Gasteiger partial charge in [-0.2, -0.15) is 0 Å². The minimum atomic E-state index is 0.830. The molecule has 0 bridgehead atoms. The first-order valence-electron chi connectivity index (χ1n) is 8.07. The van der Waals surface area contributed by atoms with Crippen LogP contribution >= 0.6 is 0 Å². The fraction of sp³-hybridized carbons (Fsp3) is 1.00. The monoisotopic (exact) mass is 339 g/mol. The Labute approximate surface area is 120 Å². The van der Waals surface area contributed by atoms with Gasteiger partial charge in [0.2, 0.25) is 0 Å². The van der Waals surface area contributed by atoms with Crippen molar-refractivity contribution in [3.63, 3.8) is 0 Å². The SMILES string of the molecule is [Sn+3][C](C1CCCC1)(C1CCCC1)C1CCCC1. The predicted octanol–water partition coefficient (Wildman–Crippen LogP) is 4.88. The van der Waals surface area contributed by atoms with Crippen LogP contribution in [-0.4, -0.2) is 22.5 Å². The van der Waals surface area contributed by atoms with Crippen molar-refractivity contribution in [2.24, 2.45) is 17.8 Å². The molecule has 3 rings (SSSR count). The van der Waals surface area contributed by atoms with Gasteiger partial charge in [0.15, 0.2) is 0 Å². The van der Waals surface area contributed by atoms with Crippen molar-refractivity contribution >= 4 is 22.5 Å². The van der Waals surface area contributed by atoms with Crippen LogP contribution < -0.4 is 0 Å². The summed E-state index contributed by atoms with van der Waals surface area (Å²) in [5.74, 6) is 3.39. The minimum absolute atomic E-state index is 0.830. The fourth-order valence-corrected chi connectivity index (χ4v) is 7.68. The van der Waals surface area contributed by atoms with Crippen LogP contribution in [0, 0.1) is 17.8 Å². The van der Waals surface area contributed by atoms with Crippen LogP contribution in [0.3, 0.4) is 0 Å². The van der Waals surface area contributed by atoms with E-state index >= 15 is 0 Å². The Bertz CT molecular complexity index is 201. The summed E-state index contributed by atoms with van der Waals surface area (Å²) in [5.41, 5.74) is 0. The van der Waals surface area contributed by atoms with Crippen LogP contribution in [0.2, 0.25) is 3.43 Å². The summed E-state index contributed by atoms with van der Waals surface area (Å²) in [6.45, 7) is 0. The Balaban J connectivity index is 1.81. The zero-order valence-corrected chi connectivity index (χ0v) is 14.1. The fourth-order valence-electron chi connectivity index (χ4n) is 5.21. The van der Waals surface area contributed by atoms with Gasteiger partial charge in [0, 0.05) is 0 Å². The average Bonchev–Trinajstić information content (AvgIpc) is 3.10. The van der Waals surface area contributed by atoms with Gasteiger partial charge in [-0.1, -0.05) is 0 Å². The van der Waals surface area contributed by atoms with Gasteiger partial charge in [-0.05, 0) is 0 Å². The van der Waals surface area contributed by atoms with E-state index in [0.29, 0.717) is 0 Å². The second kappa shape index (κ2) is 5.43. The standard InChI is InChI=1S/C16H27.Sn/c1-2-8-13(7-1)16(14-9-3-4-10-14)15-11-5-6-12-15;/h13-15H,1-12H2;/q;+3. The summed E-state index contributed by atoms with van der Waals surface area (Å²) in [7, 11) is 0. The molecule has 0 amide bonds. The molecular formula is C16H27Sn+3. The molecule has 0 unspecified atom stereocenters. The zero-order chi connectivity index (χ0) is 11.7. The van der Waals surface area contributed by atoms with Gasteiger partial charge in [0.25, 0.3) is 0 Å². The Morgan fingerprint density at radius 1 is 0.529 bits per heavy atom. The van der Waals surface area contributed by atoms with Crippen molar-refractivity contribution in [3.05, 3.63) is 0 Å². The number of rotatable bonds is 3. The summed E-state index contributed by atoms with van der Waals surface area (Å²) in [4.78, 5) is 0. The van der Waals surface area contributed by atoms with Crippen LogP contribution in [-0.2, 0) is 0 Å². The molecule has 17 heavy (non-hydrogen) atoms. The molecule has 0 atom stereocenters. The Morgan fingerprint density at radius 2 is 0.765 bits per heavy atom. The van der Waals surface area contributed by atoms with Gasteiger partial charge < -0.3 is 0 Å². The second-order valence-electron chi connectivity index (χ2n) is 6.88. The molecule has 3 aliphatic carbocycles. The van der Waals surface area contributed by atoms with Gasteiger partial charge in [-0.3, -0.25) is 0 Å². The van der Waals surface area contributed by atoms with Gasteiger partial charge in [0.05, 0.1) is 0 Å². The molecule has 92 valence electrons. The molecule has 0 aliphatic heterocycles. The van der Waals surface area contributed by atoms with Crippen molar-refractivity contribution in [3.8, 4) is 0 Å². The van der Waals surface area contributed by atoms with Gasteiger partial charge in [0.1, 0.15) is 0 Å². The van der Waals surface area contributed by atoms with Crippen molar-refractivity contribution in [1.82, 2.24) is 0 Å². The molecule has 0 aromatic carbocycles. The molecular weight excluding hydrogens is 311 g/mol. The van der Waals surface area contributed by atoms with E-state index < -0.39 is 0 Å². The maximum absolute atomic E-state index is 1.93. The molecule has 3 aliphatic rings. The summed E-state index contributed by atoms with van der Waals surface area (Å²) in [5, 5.41) is 0. The Hall–Kier alpha value is 0.799. The molecule has 0 aromatic rings. The van der Waals surface area contributed by atoms with E-state index in [-0.39, 0.29) is 0 Å².